The van der Waals surface area contributed by atoms with Gasteiger partial charge in [-0.15, -0.1) is 0 Å². The van der Waals surface area contributed by atoms with Crippen molar-refractivity contribution >= 4 is 33.4 Å². The summed E-state index contributed by atoms with van der Waals surface area (Å²) < 4.78 is 7.62. The molecular weight excluding hydrogens is 288 g/mol. The van der Waals surface area contributed by atoms with E-state index in [0.29, 0.717) is 6.61 Å². The van der Waals surface area contributed by atoms with E-state index >= 15 is 0 Å². The van der Waals surface area contributed by atoms with E-state index in [1.165, 1.54) is 0 Å². The number of nitrogens with zero attached hydrogens (tertiary/aromatic N) is 3. The molecule has 4 rings (SSSR count). The average Bonchev–Trinajstić information content (AvgIpc) is 2.89. The zero-order valence-electron chi connectivity index (χ0n) is 11.6. The predicted molar refractivity (Wildman–Crippen MR) is 82.6 cm³/mol. The molecule has 108 valence electrons. The average molecular weight is 303 g/mol. The molecule has 3 aromatic rings. The number of aryl methyl sites for hydroxylation is 1. The van der Waals surface area contributed by atoms with E-state index in [4.69, 9.17) is 16.3 Å². The molecule has 0 spiro atoms. The van der Waals surface area contributed by atoms with Gasteiger partial charge in [0.15, 0.2) is 0 Å². The number of morpholine rings is 1. The number of hydrogen-bond donors (Lipinski definition) is 1. The highest BCUT2D eigenvalue weighted by atomic mass is 35.5. The van der Waals surface area contributed by atoms with Crippen LogP contribution in [0.15, 0.2) is 24.4 Å². The van der Waals surface area contributed by atoms with Crippen LogP contribution < -0.4 is 5.32 Å². The molecule has 1 N–H and O–H groups in total. The van der Waals surface area contributed by atoms with Crippen LogP contribution in [0.2, 0.25) is 5.28 Å². The molecule has 1 fully saturated rings. The van der Waals surface area contributed by atoms with Gasteiger partial charge in [0, 0.05) is 36.1 Å². The summed E-state index contributed by atoms with van der Waals surface area (Å²) in [5, 5.41) is 5.83. The van der Waals surface area contributed by atoms with Crippen LogP contribution >= 0.6 is 11.6 Å². The van der Waals surface area contributed by atoms with Gasteiger partial charge < -0.3 is 14.6 Å². The highest BCUT2D eigenvalue weighted by Crippen LogP contribution is 2.30. The Morgan fingerprint density at radius 3 is 3.00 bits per heavy atom. The fraction of sp³-hybridized carbons (Fsp3) is 0.333. The molecule has 1 saturated heterocycles. The smallest absolute Gasteiger partial charge is 0.223 e. The minimum absolute atomic E-state index is 0.0583. The number of rotatable bonds is 1. The van der Waals surface area contributed by atoms with Gasteiger partial charge in [-0.3, -0.25) is 0 Å². The third-order valence-corrected chi connectivity index (χ3v) is 4.15. The molecule has 0 amide bonds. The quantitative estimate of drug-likeness (QED) is 0.702. The van der Waals surface area contributed by atoms with Gasteiger partial charge in [0.25, 0.3) is 0 Å². The topological polar surface area (TPSA) is 52.0 Å². The highest BCUT2D eigenvalue weighted by molar-refractivity contribution is 6.29. The predicted octanol–water partition coefficient (Wildman–Crippen LogP) is 2.44. The van der Waals surface area contributed by atoms with Crippen molar-refractivity contribution in [2.24, 2.45) is 7.05 Å². The molecule has 1 aromatic carbocycles. The van der Waals surface area contributed by atoms with Gasteiger partial charge in [0.2, 0.25) is 5.28 Å². The molecule has 0 radical (unpaired) electrons. The van der Waals surface area contributed by atoms with E-state index in [9.17, 15) is 0 Å². The number of nitrogens with one attached hydrogen (secondary N) is 1. The number of hydrogen-bond acceptors (Lipinski definition) is 4. The number of ether oxygens (including phenoxy) is 1. The highest BCUT2D eigenvalue weighted by Gasteiger charge is 2.21. The minimum atomic E-state index is 0.0583. The van der Waals surface area contributed by atoms with Gasteiger partial charge >= 0.3 is 0 Å². The first-order valence-electron chi connectivity index (χ1n) is 6.96. The lowest BCUT2D eigenvalue weighted by Crippen LogP contribution is -2.35. The number of halogens is 1. The summed E-state index contributed by atoms with van der Waals surface area (Å²) >= 11 is 6.15. The van der Waals surface area contributed by atoms with E-state index in [0.717, 1.165) is 40.7 Å². The minimum Gasteiger partial charge on any atom is -0.378 e. The van der Waals surface area contributed by atoms with Crippen molar-refractivity contribution in [3.8, 4) is 0 Å². The van der Waals surface area contributed by atoms with Crippen LogP contribution in [0.3, 0.4) is 0 Å². The van der Waals surface area contributed by atoms with Gasteiger partial charge in [0.1, 0.15) is 0 Å². The second-order valence-corrected chi connectivity index (χ2v) is 5.62. The summed E-state index contributed by atoms with van der Waals surface area (Å²) in [5.74, 6) is 0. The van der Waals surface area contributed by atoms with Crippen molar-refractivity contribution in [2.75, 3.05) is 19.8 Å². The largest absolute Gasteiger partial charge is 0.378 e. The van der Waals surface area contributed by atoms with E-state index < -0.39 is 0 Å². The lowest BCUT2D eigenvalue weighted by Gasteiger charge is -2.24. The molecule has 0 unspecified atom stereocenters. The number of benzene rings is 1. The van der Waals surface area contributed by atoms with Crippen molar-refractivity contribution in [3.05, 3.63) is 35.4 Å². The van der Waals surface area contributed by atoms with Crippen LogP contribution in [0.4, 0.5) is 0 Å². The van der Waals surface area contributed by atoms with Gasteiger partial charge in [-0.2, -0.15) is 0 Å². The van der Waals surface area contributed by atoms with Crippen molar-refractivity contribution in [2.45, 2.75) is 6.04 Å². The van der Waals surface area contributed by atoms with Gasteiger partial charge in [-0.05, 0) is 29.8 Å². The zero-order valence-corrected chi connectivity index (χ0v) is 12.4. The normalized spacial score (nSPS) is 19.4. The Kier molecular flexibility index (Phi) is 3.06. The summed E-state index contributed by atoms with van der Waals surface area (Å²) in [4.78, 5) is 8.89. The van der Waals surface area contributed by atoms with E-state index in [2.05, 4.69) is 38.1 Å². The molecule has 1 atom stereocenters. The monoisotopic (exact) mass is 302 g/mol. The van der Waals surface area contributed by atoms with Crippen LogP contribution in [-0.4, -0.2) is 34.3 Å². The standard InChI is InChI=1S/C15H15ClN4O/c1-20-6-4-9-12(20)3-2-10-13(9)18-15(16)19-14(10)11-8-21-7-5-17-11/h2-4,6,11,17H,5,7-8H2,1H3/t11-/m0/s1. The van der Waals surface area contributed by atoms with Crippen LogP contribution in [0.1, 0.15) is 11.7 Å². The lowest BCUT2D eigenvalue weighted by atomic mass is 10.1. The maximum atomic E-state index is 6.15. The van der Waals surface area contributed by atoms with Crippen molar-refractivity contribution in [1.29, 1.82) is 0 Å². The first-order valence-corrected chi connectivity index (χ1v) is 7.34. The molecule has 2 aromatic heterocycles. The third-order valence-electron chi connectivity index (χ3n) is 3.98. The molecule has 3 heterocycles. The van der Waals surface area contributed by atoms with Crippen molar-refractivity contribution < 1.29 is 4.74 Å². The van der Waals surface area contributed by atoms with E-state index in [1.807, 2.05) is 13.2 Å². The van der Waals surface area contributed by atoms with Crippen LogP contribution in [-0.2, 0) is 11.8 Å². The van der Waals surface area contributed by atoms with Crippen LogP contribution in [0.5, 0.6) is 0 Å². The molecular formula is C15H15ClN4O. The maximum Gasteiger partial charge on any atom is 0.223 e. The first kappa shape index (κ1) is 13.0. The summed E-state index contributed by atoms with van der Waals surface area (Å²) in [7, 11) is 2.02. The van der Waals surface area contributed by atoms with Crippen molar-refractivity contribution in [1.82, 2.24) is 19.9 Å². The van der Waals surface area contributed by atoms with Crippen molar-refractivity contribution in [3.63, 3.8) is 0 Å². The Bertz CT molecular complexity index is 823. The molecule has 1 aliphatic rings. The summed E-state index contributed by atoms with van der Waals surface area (Å²) in [6.07, 6.45) is 2.03. The molecule has 0 saturated carbocycles. The molecule has 21 heavy (non-hydrogen) atoms. The van der Waals surface area contributed by atoms with E-state index in [1.54, 1.807) is 0 Å². The number of fused-ring (bicyclic) bond motifs is 3. The first-order chi connectivity index (χ1) is 10.2. The Morgan fingerprint density at radius 1 is 1.29 bits per heavy atom. The second-order valence-electron chi connectivity index (χ2n) is 5.28. The van der Waals surface area contributed by atoms with Gasteiger partial charge in [-0.1, -0.05) is 0 Å². The Hall–Kier alpha value is -1.69. The molecule has 0 bridgehead atoms. The van der Waals surface area contributed by atoms with Gasteiger partial charge in [0.05, 0.1) is 30.5 Å². The molecule has 0 aliphatic carbocycles. The van der Waals surface area contributed by atoms with E-state index in [-0.39, 0.29) is 11.3 Å². The Balaban J connectivity index is 2.00. The zero-order chi connectivity index (χ0) is 14.4. The SMILES string of the molecule is Cn1ccc2c3nc(Cl)nc([C@@H]4COCCN4)c3ccc21. The third kappa shape index (κ3) is 2.09. The van der Waals surface area contributed by atoms with Crippen LogP contribution in [0, 0.1) is 0 Å². The summed E-state index contributed by atoms with van der Waals surface area (Å²) in [6, 6.07) is 6.29. The van der Waals surface area contributed by atoms with Crippen LogP contribution in [0.25, 0.3) is 21.8 Å². The fourth-order valence-electron chi connectivity index (χ4n) is 2.95. The molecule has 1 aliphatic heterocycles. The Labute approximate surface area is 126 Å². The fourth-order valence-corrected chi connectivity index (χ4v) is 3.12. The number of aromatic nitrogens is 3. The lowest BCUT2D eigenvalue weighted by molar-refractivity contribution is 0.0760. The molecule has 5 nitrogen and oxygen atoms in total. The molecule has 6 heteroatoms. The second kappa shape index (κ2) is 4.94. The van der Waals surface area contributed by atoms with Gasteiger partial charge in [-0.25, -0.2) is 9.97 Å². The maximum absolute atomic E-state index is 6.15. The summed E-state index contributed by atoms with van der Waals surface area (Å²) in [5.41, 5.74) is 2.95. The Morgan fingerprint density at radius 2 is 2.19 bits per heavy atom. The summed E-state index contributed by atoms with van der Waals surface area (Å²) in [6.45, 7) is 2.16.